The van der Waals surface area contributed by atoms with Gasteiger partial charge in [-0.3, -0.25) is 5.32 Å². The van der Waals surface area contributed by atoms with E-state index in [2.05, 4.69) is 5.32 Å². The van der Waals surface area contributed by atoms with Crippen LogP contribution in [0.3, 0.4) is 0 Å². The van der Waals surface area contributed by atoms with E-state index in [0.29, 0.717) is 0 Å². The summed E-state index contributed by atoms with van der Waals surface area (Å²) in [5.74, 6) is 0. The maximum absolute atomic E-state index is 10.6. The van der Waals surface area contributed by atoms with Gasteiger partial charge in [0.1, 0.15) is 0 Å². The van der Waals surface area contributed by atoms with Gasteiger partial charge in [0.25, 0.3) is 0 Å². The molecule has 1 saturated heterocycles. The molecule has 0 spiro atoms. The first-order valence-electron chi connectivity index (χ1n) is 5.37. The lowest BCUT2D eigenvalue weighted by Gasteiger charge is -2.23. The van der Waals surface area contributed by atoms with E-state index in [0.717, 1.165) is 5.56 Å². The first-order chi connectivity index (χ1) is 7.99. The summed E-state index contributed by atoms with van der Waals surface area (Å²) >= 11 is 1.67. The molecule has 0 bridgehead atoms. The monoisotopic (exact) mass is 253 g/mol. The average molecular weight is 253 g/mol. The van der Waals surface area contributed by atoms with Crippen molar-refractivity contribution in [2.45, 2.75) is 30.2 Å². The van der Waals surface area contributed by atoms with Crippen molar-refractivity contribution in [1.82, 2.24) is 5.32 Å². The first kappa shape index (κ1) is 12.3. The number of rotatable bonds is 2. The molecule has 4 nitrogen and oxygen atoms in total. The summed E-state index contributed by atoms with van der Waals surface area (Å²) in [6.45, 7) is 3.95. The number of benzene rings is 1. The highest BCUT2D eigenvalue weighted by Gasteiger charge is 2.44. The molecule has 0 aromatic heterocycles. The Kier molecular flexibility index (Phi) is 3.31. The molecule has 17 heavy (non-hydrogen) atoms. The maximum atomic E-state index is 10.6. The van der Waals surface area contributed by atoms with Crippen LogP contribution in [0.25, 0.3) is 0 Å². The molecule has 5 heteroatoms. The molecule has 2 atom stereocenters. The standard InChI is InChI=1S/C12H15NO3S/c1-12(2)10(16-11(14)15)13-9(17-12)8-6-4-3-5-7-8/h3-7,9-10,13H,1-2H3,(H,14,15)/t9-,10-/m0/s1. The quantitative estimate of drug-likeness (QED) is 0.794. The zero-order valence-electron chi connectivity index (χ0n) is 9.71. The Hall–Kier alpha value is -1.20. The fraction of sp³-hybridized carbons (Fsp3) is 0.417. The molecule has 0 unspecified atom stereocenters. The molecule has 0 aliphatic carbocycles. The Balaban J connectivity index is 2.13. The predicted molar refractivity (Wildman–Crippen MR) is 66.9 cm³/mol. The fourth-order valence-corrected chi connectivity index (χ4v) is 3.14. The number of thioether (sulfide) groups is 1. The van der Waals surface area contributed by atoms with Crippen LogP contribution in [0.5, 0.6) is 0 Å². The van der Waals surface area contributed by atoms with E-state index in [-0.39, 0.29) is 10.1 Å². The molecule has 1 aromatic carbocycles. The van der Waals surface area contributed by atoms with Crippen molar-refractivity contribution in [3.05, 3.63) is 35.9 Å². The van der Waals surface area contributed by atoms with Gasteiger partial charge in [0, 0.05) is 0 Å². The smallest absolute Gasteiger partial charge is 0.450 e. The SMILES string of the molecule is CC1(C)S[C@@H](c2ccccc2)N[C@H]1OC(=O)O. The van der Waals surface area contributed by atoms with E-state index in [1.54, 1.807) is 11.8 Å². The zero-order chi connectivity index (χ0) is 12.5. The van der Waals surface area contributed by atoms with E-state index < -0.39 is 12.4 Å². The van der Waals surface area contributed by atoms with Gasteiger partial charge in [-0.2, -0.15) is 0 Å². The molecule has 0 amide bonds. The van der Waals surface area contributed by atoms with Crippen molar-refractivity contribution in [2.75, 3.05) is 0 Å². The van der Waals surface area contributed by atoms with E-state index in [1.165, 1.54) is 0 Å². The summed E-state index contributed by atoms with van der Waals surface area (Å²) < 4.78 is 4.58. The predicted octanol–water partition coefficient (Wildman–Crippen LogP) is 2.82. The van der Waals surface area contributed by atoms with Gasteiger partial charge in [-0.05, 0) is 19.4 Å². The van der Waals surface area contributed by atoms with Crippen LogP contribution in [0.1, 0.15) is 24.8 Å². The van der Waals surface area contributed by atoms with Gasteiger partial charge in [0.15, 0.2) is 6.23 Å². The highest BCUT2D eigenvalue weighted by molar-refractivity contribution is 8.01. The van der Waals surface area contributed by atoms with E-state index >= 15 is 0 Å². The molecule has 1 aliphatic heterocycles. The third kappa shape index (κ3) is 2.73. The van der Waals surface area contributed by atoms with Crippen LogP contribution in [0.2, 0.25) is 0 Å². The van der Waals surface area contributed by atoms with E-state index in [4.69, 9.17) is 9.84 Å². The minimum absolute atomic E-state index is 0.0653. The number of ether oxygens (including phenoxy) is 1. The second-order valence-electron chi connectivity index (χ2n) is 4.44. The lowest BCUT2D eigenvalue weighted by atomic mass is 10.1. The summed E-state index contributed by atoms with van der Waals surface area (Å²) in [6.07, 6.45) is -1.74. The number of carbonyl (C=O) groups is 1. The summed E-state index contributed by atoms with van der Waals surface area (Å²) in [5.41, 5.74) is 1.13. The van der Waals surface area contributed by atoms with E-state index in [1.807, 2.05) is 44.2 Å². The van der Waals surface area contributed by atoms with Crippen LogP contribution in [0.4, 0.5) is 4.79 Å². The summed E-state index contributed by atoms with van der Waals surface area (Å²) in [6, 6.07) is 9.93. The highest BCUT2D eigenvalue weighted by Crippen LogP contribution is 2.45. The number of hydrogen-bond acceptors (Lipinski definition) is 4. The van der Waals surface area contributed by atoms with Crippen LogP contribution in [-0.2, 0) is 4.74 Å². The highest BCUT2D eigenvalue weighted by atomic mass is 32.2. The Morgan fingerprint density at radius 1 is 1.41 bits per heavy atom. The molecule has 1 fully saturated rings. The lowest BCUT2D eigenvalue weighted by molar-refractivity contribution is 0.0274. The maximum Gasteiger partial charge on any atom is 0.507 e. The number of nitrogens with one attached hydrogen (secondary N) is 1. The normalized spacial score (nSPS) is 26.7. The fourth-order valence-electron chi connectivity index (χ4n) is 1.81. The van der Waals surface area contributed by atoms with Gasteiger partial charge in [0.2, 0.25) is 0 Å². The van der Waals surface area contributed by atoms with E-state index in [9.17, 15) is 4.79 Å². The Morgan fingerprint density at radius 3 is 2.65 bits per heavy atom. The van der Waals surface area contributed by atoms with Crippen molar-refractivity contribution >= 4 is 17.9 Å². The largest absolute Gasteiger partial charge is 0.507 e. The van der Waals surface area contributed by atoms with Crippen molar-refractivity contribution in [3.8, 4) is 0 Å². The van der Waals surface area contributed by atoms with Gasteiger partial charge in [-0.1, -0.05) is 30.3 Å². The van der Waals surface area contributed by atoms with Crippen molar-refractivity contribution in [3.63, 3.8) is 0 Å². The lowest BCUT2D eigenvalue weighted by Crippen LogP contribution is -2.40. The second kappa shape index (κ2) is 4.58. The van der Waals surface area contributed by atoms with Crippen LogP contribution >= 0.6 is 11.8 Å². The molecule has 2 N–H and O–H groups in total. The Labute approximate surface area is 104 Å². The third-order valence-corrected chi connectivity index (χ3v) is 4.14. The molecule has 92 valence electrons. The van der Waals surface area contributed by atoms with Gasteiger partial charge >= 0.3 is 6.16 Å². The zero-order valence-corrected chi connectivity index (χ0v) is 10.5. The molecule has 1 aliphatic rings. The molecule has 1 heterocycles. The average Bonchev–Trinajstić information content (AvgIpc) is 2.55. The molecular formula is C12H15NO3S. The Bertz CT molecular complexity index is 407. The van der Waals surface area contributed by atoms with Crippen molar-refractivity contribution in [2.24, 2.45) is 0 Å². The molecule has 0 saturated carbocycles. The van der Waals surface area contributed by atoms with Gasteiger partial charge in [0.05, 0.1) is 10.1 Å². The number of carboxylic acid groups (broad SMARTS) is 1. The summed E-state index contributed by atoms with van der Waals surface area (Å²) in [7, 11) is 0. The molecule has 1 aromatic rings. The van der Waals surface area contributed by atoms with Crippen molar-refractivity contribution in [1.29, 1.82) is 0 Å². The molecular weight excluding hydrogens is 238 g/mol. The molecule has 2 rings (SSSR count). The topological polar surface area (TPSA) is 58.6 Å². The van der Waals surface area contributed by atoms with Crippen LogP contribution in [0, 0.1) is 0 Å². The van der Waals surface area contributed by atoms with Crippen LogP contribution in [0.15, 0.2) is 30.3 Å². The van der Waals surface area contributed by atoms with Gasteiger partial charge in [-0.15, -0.1) is 11.8 Å². The van der Waals surface area contributed by atoms with Gasteiger partial charge in [-0.25, -0.2) is 4.79 Å². The minimum Gasteiger partial charge on any atom is -0.450 e. The van der Waals surface area contributed by atoms with Crippen LogP contribution in [-0.4, -0.2) is 22.2 Å². The summed E-state index contributed by atoms with van der Waals surface area (Å²) in [5, 5.41) is 11.9. The first-order valence-corrected chi connectivity index (χ1v) is 6.25. The van der Waals surface area contributed by atoms with Crippen molar-refractivity contribution < 1.29 is 14.6 Å². The number of hydrogen-bond donors (Lipinski definition) is 2. The van der Waals surface area contributed by atoms with Gasteiger partial charge < -0.3 is 9.84 Å². The minimum atomic E-state index is -1.25. The van der Waals surface area contributed by atoms with Crippen LogP contribution < -0.4 is 5.32 Å². The third-order valence-electron chi connectivity index (χ3n) is 2.68. The molecule has 0 radical (unpaired) electrons. The Morgan fingerprint density at radius 2 is 2.06 bits per heavy atom. The second-order valence-corrected chi connectivity index (χ2v) is 6.20. The summed E-state index contributed by atoms with van der Waals surface area (Å²) in [4.78, 5) is 10.6.